The molecule has 1 fully saturated rings. The molecular formula is C7H14O3S. The van der Waals surface area contributed by atoms with Gasteiger partial charge in [0.1, 0.15) is 0 Å². The molecule has 0 unspecified atom stereocenters. The van der Waals surface area contributed by atoms with Crippen molar-refractivity contribution in [3.8, 4) is 0 Å². The third kappa shape index (κ3) is 3.72. The highest BCUT2D eigenvalue weighted by Gasteiger charge is 2.17. The first kappa shape index (κ1) is 9.00. The lowest BCUT2D eigenvalue weighted by molar-refractivity contribution is 0.164. The van der Waals surface area contributed by atoms with Gasteiger partial charge in [-0.05, 0) is 12.8 Å². The summed E-state index contributed by atoms with van der Waals surface area (Å²) in [5, 5.41) is 0. The predicted octanol–water partition coefficient (Wildman–Crippen LogP) is 1.30. The molecule has 0 bridgehead atoms. The van der Waals surface area contributed by atoms with Crippen LogP contribution in [0.5, 0.6) is 0 Å². The second-order valence-electron chi connectivity index (χ2n) is 3.06. The molecule has 1 aliphatic carbocycles. The molecule has 1 rings (SSSR count). The Balaban J connectivity index is 2.36. The van der Waals surface area contributed by atoms with E-state index >= 15 is 0 Å². The topological polar surface area (TPSA) is 43.4 Å². The van der Waals surface area contributed by atoms with Crippen LogP contribution in [0.15, 0.2) is 0 Å². The highest BCUT2D eigenvalue weighted by molar-refractivity contribution is 7.86. The van der Waals surface area contributed by atoms with E-state index in [0.29, 0.717) is 0 Å². The number of rotatable bonds is 2. The normalized spacial score (nSPS) is 21.9. The van der Waals surface area contributed by atoms with Crippen LogP contribution in [-0.2, 0) is 14.3 Å². The molecule has 0 spiro atoms. The summed E-state index contributed by atoms with van der Waals surface area (Å²) in [5.41, 5.74) is 0. The standard InChI is InChI=1S/C7H14O3S/c1-11(8,9)10-7-5-3-2-4-6-7/h7H,2-6H2,1H3. The summed E-state index contributed by atoms with van der Waals surface area (Å²) in [6, 6.07) is 0. The van der Waals surface area contributed by atoms with E-state index in [1.165, 1.54) is 6.42 Å². The average molecular weight is 178 g/mol. The van der Waals surface area contributed by atoms with Crippen LogP contribution in [0, 0.1) is 0 Å². The van der Waals surface area contributed by atoms with Crippen molar-refractivity contribution in [2.45, 2.75) is 38.2 Å². The summed E-state index contributed by atoms with van der Waals surface area (Å²) >= 11 is 0. The first-order valence-electron chi connectivity index (χ1n) is 3.96. The molecule has 0 radical (unpaired) electrons. The lowest BCUT2D eigenvalue weighted by Gasteiger charge is -2.19. The summed E-state index contributed by atoms with van der Waals surface area (Å²) in [6.07, 6.45) is 6.27. The Morgan fingerprint density at radius 2 is 1.73 bits per heavy atom. The van der Waals surface area contributed by atoms with Crippen LogP contribution in [-0.4, -0.2) is 20.8 Å². The van der Waals surface area contributed by atoms with Crippen LogP contribution in [0.3, 0.4) is 0 Å². The van der Waals surface area contributed by atoms with Crippen LogP contribution in [0.4, 0.5) is 0 Å². The molecule has 3 nitrogen and oxygen atoms in total. The maximum Gasteiger partial charge on any atom is 0.264 e. The molecule has 11 heavy (non-hydrogen) atoms. The molecule has 0 heterocycles. The summed E-state index contributed by atoms with van der Waals surface area (Å²) < 4.78 is 26.2. The summed E-state index contributed by atoms with van der Waals surface area (Å²) in [7, 11) is -3.22. The summed E-state index contributed by atoms with van der Waals surface area (Å²) in [5.74, 6) is 0. The van der Waals surface area contributed by atoms with Crippen LogP contribution >= 0.6 is 0 Å². The van der Waals surface area contributed by atoms with Gasteiger partial charge < -0.3 is 0 Å². The van der Waals surface area contributed by atoms with E-state index < -0.39 is 10.1 Å². The summed E-state index contributed by atoms with van der Waals surface area (Å²) in [6.45, 7) is 0. The molecule has 0 saturated heterocycles. The van der Waals surface area contributed by atoms with Gasteiger partial charge in [-0.3, -0.25) is 4.18 Å². The second-order valence-corrected chi connectivity index (χ2v) is 4.66. The smallest absolute Gasteiger partial charge is 0.264 e. The zero-order chi connectivity index (χ0) is 8.32. The minimum atomic E-state index is -3.22. The van der Waals surface area contributed by atoms with Crippen molar-refractivity contribution in [2.75, 3.05) is 6.26 Å². The van der Waals surface area contributed by atoms with Crippen LogP contribution in [0.1, 0.15) is 32.1 Å². The minimum Gasteiger partial charge on any atom is -0.267 e. The second kappa shape index (κ2) is 3.54. The quantitative estimate of drug-likeness (QED) is 0.598. The molecule has 0 aromatic rings. The van der Waals surface area contributed by atoms with Gasteiger partial charge in [0.05, 0.1) is 12.4 Å². The third-order valence-corrected chi connectivity index (χ3v) is 2.48. The third-order valence-electron chi connectivity index (χ3n) is 1.86. The lowest BCUT2D eigenvalue weighted by Crippen LogP contribution is -2.20. The first-order valence-corrected chi connectivity index (χ1v) is 5.78. The van der Waals surface area contributed by atoms with Crippen molar-refractivity contribution in [2.24, 2.45) is 0 Å². The Bertz CT molecular complexity index is 202. The Morgan fingerprint density at radius 3 is 2.18 bits per heavy atom. The molecule has 0 aliphatic heterocycles. The predicted molar refractivity (Wildman–Crippen MR) is 42.8 cm³/mol. The van der Waals surface area contributed by atoms with Gasteiger partial charge >= 0.3 is 0 Å². The van der Waals surface area contributed by atoms with E-state index in [2.05, 4.69) is 0 Å². The van der Waals surface area contributed by atoms with Crippen molar-refractivity contribution in [1.82, 2.24) is 0 Å². The molecule has 1 saturated carbocycles. The van der Waals surface area contributed by atoms with Gasteiger partial charge in [-0.25, -0.2) is 0 Å². The van der Waals surface area contributed by atoms with Crippen LogP contribution < -0.4 is 0 Å². The minimum absolute atomic E-state index is 0.0428. The van der Waals surface area contributed by atoms with Crippen molar-refractivity contribution in [1.29, 1.82) is 0 Å². The molecule has 0 amide bonds. The van der Waals surface area contributed by atoms with E-state index in [1.807, 2.05) is 0 Å². The largest absolute Gasteiger partial charge is 0.267 e. The Kier molecular flexibility index (Phi) is 2.90. The zero-order valence-corrected chi connectivity index (χ0v) is 7.56. The maximum atomic E-state index is 10.7. The zero-order valence-electron chi connectivity index (χ0n) is 6.75. The average Bonchev–Trinajstić information content (AvgIpc) is 1.85. The molecular weight excluding hydrogens is 164 g/mol. The molecule has 0 N–H and O–H groups in total. The lowest BCUT2D eigenvalue weighted by atomic mass is 9.98. The van der Waals surface area contributed by atoms with Crippen LogP contribution in [0.25, 0.3) is 0 Å². The molecule has 4 heteroatoms. The highest BCUT2D eigenvalue weighted by atomic mass is 32.2. The number of hydrogen-bond donors (Lipinski definition) is 0. The van der Waals surface area contributed by atoms with Gasteiger partial charge in [0.25, 0.3) is 10.1 Å². The fraction of sp³-hybridized carbons (Fsp3) is 1.00. The molecule has 0 aromatic carbocycles. The Labute approximate surface area is 67.9 Å². The molecule has 0 atom stereocenters. The molecule has 1 aliphatic rings. The fourth-order valence-corrected chi connectivity index (χ4v) is 2.10. The monoisotopic (exact) mass is 178 g/mol. The highest BCUT2D eigenvalue weighted by Crippen LogP contribution is 2.21. The maximum absolute atomic E-state index is 10.7. The van der Waals surface area contributed by atoms with Crippen molar-refractivity contribution in [3.63, 3.8) is 0 Å². The Hall–Kier alpha value is -0.0900. The van der Waals surface area contributed by atoms with E-state index in [0.717, 1.165) is 31.9 Å². The molecule has 66 valence electrons. The fourth-order valence-electron chi connectivity index (χ4n) is 1.41. The van der Waals surface area contributed by atoms with Crippen molar-refractivity contribution >= 4 is 10.1 Å². The van der Waals surface area contributed by atoms with Gasteiger partial charge in [0, 0.05) is 0 Å². The van der Waals surface area contributed by atoms with Gasteiger partial charge in [-0.2, -0.15) is 8.42 Å². The van der Waals surface area contributed by atoms with Gasteiger partial charge in [0.2, 0.25) is 0 Å². The SMILES string of the molecule is CS(=O)(=O)OC1CCCCC1. The summed E-state index contributed by atoms with van der Waals surface area (Å²) in [4.78, 5) is 0. The van der Waals surface area contributed by atoms with Crippen molar-refractivity contribution < 1.29 is 12.6 Å². The molecule has 0 aromatic heterocycles. The van der Waals surface area contributed by atoms with E-state index in [4.69, 9.17) is 4.18 Å². The number of hydrogen-bond acceptors (Lipinski definition) is 3. The first-order chi connectivity index (χ1) is 5.08. The Morgan fingerprint density at radius 1 is 1.18 bits per heavy atom. The van der Waals surface area contributed by atoms with E-state index in [-0.39, 0.29) is 6.10 Å². The van der Waals surface area contributed by atoms with Crippen molar-refractivity contribution in [3.05, 3.63) is 0 Å². The van der Waals surface area contributed by atoms with Gasteiger partial charge in [-0.15, -0.1) is 0 Å². The van der Waals surface area contributed by atoms with Gasteiger partial charge in [-0.1, -0.05) is 19.3 Å². The van der Waals surface area contributed by atoms with E-state index in [1.54, 1.807) is 0 Å². The van der Waals surface area contributed by atoms with Gasteiger partial charge in [0.15, 0.2) is 0 Å². The van der Waals surface area contributed by atoms with Crippen LogP contribution in [0.2, 0.25) is 0 Å². The van der Waals surface area contributed by atoms with E-state index in [9.17, 15) is 8.42 Å².